The fraction of sp³-hybridized carbons (Fsp3) is 0.314. The SMILES string of the molecule is Cc1ccc([Si](c2ccc(C)cc2)(c2ccc(C)cc2)c2cc3c(c4c2OP(=O)(N2CCCCCCCC2)Oc2c([Si](c5ccc(C)cc5)(c5ccc(C)cc5)c5ccc(C)cc5)cc5c(c2-4)CCCC5)CCCC3)cc1. The third kappa shape index (κ3) is 9.25. The molecule has 2 heterocycles. The molecule has 8 aromatic rings. The Morgan fingerprint density at radius 1 is 0.351 bits per heavy atom. The maximum absolute atomic E-state index is 17.8. The van der Waals surface area contributed by atoms with Crippen LogP contribution in [0.25, 0.3) is 11.1 Å². The second-order valence-electron chi connectivity index (χ2n) is 23.4. The van der Waals surface area contributed by atoms with E-state index in [0.29, 0.717) is 13.1 Å². The quantitative estimate of drug-likeness (QED) is 0.0820. The predicted molar refractivity (Wildman–Crippen MR) is 329 cm³/mol. The molecule has 77 heavy (non-hydrogen) atoms. The summed E-state index contributed by atoms with van der Waals surface area (Å²) in [4.78, 5) is 0. The first-order valence-corrected chi connectivity index (χ1v) is 34.5. The molecular formula is C70H76NO3PSi2. The van der Waals surface area contributed by atoms with Crippen LogP contribution in [0.4, 0.5) is 0 Å². The predicted octanol–water partition coefficient (Wildman–Crippen LogP) is 12.3. The Balaban J connectivity index is 1.30. The lowest BCUT2D eigenvalue weighted by Gasteiger charge is -2.38. The standard InChI is InChI=1S/C70H76NO3PSi2/c1-49-21-33-57(34-22-49)76(58-35-23-50(2)24-36-58,59-37-25-51(3)26-38-59)65-47-55-17-11-13-19-63(55)67-68-64-20-14-12-18-56(64)48-66(70(68)74-75(72,73-69(65)67)71-45-15-9-7-8-10-16-46-71)77(60-39-27-52(4)28-40-60,61-41-29-53(5)30-42-61)62-43-31-54(6)32-44-62/h21-44,47-48H,7-20,45-46H2,1-6H3. The summed E-state index contributed by atoms with van der Waals surface area (Å²) in [5.74, 6) is 1.58. The van der Waals surface area contributed by atoms with Gasteiger partial charge in [0, 0.05) is 24.2 Å². The van der Waals surface area contributed by atoms with Crippen molar-refractivity contribution in [2.24, 2.45) is 0 Å². The molecule has 0 amide bonds. The highest BCUT2D eigenvalue weighted by Crippen LogP contribution is 2.61. The van der Waals surface area contributed by atoms with Crippen molar-refractivity contribution in [2.75, 3.05) is 13.1 Å². The van der Waals surface area contributed by atoms with Gasteiger partial charge in [0.15, 0.2) is 16.1 Å². The fourth-order valence-corrected chi connectivity index (χ4v) is 25.6. The third-order valence-electron chi connectivity index (χ3n) is 18.0. The summed E-state index contributed by atoms with van der Waals surface area (Å²) in [6.07, 6.45) is 14.7. The van der Waals surface area contributed by atoms with Gasteiger partial charge < -0.3 is 9.05 Å². The maximum Gasteiger partial charge on any atom is 0.515 e. The second-order valence-corrected chi connectivity index (χ2v) is 32.8. The largest absolute Gasteiger partial charge is 0.515 e. The van der Waals surface area contributed by atoms with Gasteiger partial charge in [0.25, 0.3) is 0 Å². The Bertz CT molecular complexity index is 3040. The van der Waals surface area contributed by atoms with E-state index in [0.717, 1.165) is 99.7 Å². The Morgan fingerprint density at radius 3 is 0.896 bits per heavy atom. The summed E-state index contributed by atoms with van der Waals surface area (Å²) in [5, 5.41) is 10.1. The van der Waals surface area contributed by atoms with E-state index in [-0.39, 0.29) is 0 Å². The molecule has 2 aliphatic heterocycles. The minimum atomic E-state index is -4.25. The van der Waals surface area contributed by atoms with Gasteiger partial charge in [0.1, 0.15) is 11.5 Å². The monoisotopic (exact) mass is 1070 g/mol. The summed E-state index contributed by atoms with van der Waals surface area (Å²) in [6, 6.07) is 61.6. The number of hydrogen-bond donors (Lipinski definition) is 0. The van der Waals surface area contributed by atoms with Crippen LogP contribution in [-0.2, 0) is 30.2 Å². The van der Waals surface area contributed by atoms with E-state index in [4.69, 9.17) is 9.05 Å². The minimum Gasteiger partial charge on any atom is -0.404 e. The first-order chi connectivity index (χ1) is 37.5. The van der Waals surface area contributed by atoms with E-state index in [2.05, 4.69) is 204 Å². The topological polar surface area (TPSA) is 38.8 Å². The van der Waals surface area contributed by atoms with Crippen molar-refractivity contribution in [3.8, 4) is 22.6 Å². The number of benzene rings is 8. The van der Waals surface area contributed by atoms with E-state index in [9.17, 15) is 0 Å². The van der Waals surface area contributed by atoms with E-state index >= 15 is 4.57 Å². The van der Waals surface area contributed by atoms with Gasteiger partial charge in [-0.3, -0.25) is 0 Å². The molecule has 0 aromatic heterocycles. The number of aryl methyl sites for hydroxylation is 8. The maximum atomic E-state index is 17.8. The second kappa shape index (κ2) is 21.3. The van der Waals surface area contributed by atoms with Crippen LogP contribution in [0, 0.1) is 41.5 Å². The smallest absolute Gasteiger partial charge is 0.404 e. The molecule has 0 bridgehead atoms. The van der Waals surface area contributed by atoms with E-state index in [1.165, 1.54) is 110 Å². The molecule has 0 atom stereocenters. The average molecular weight is 1070 g/mol. The molecule has 7 heteroatoms. The van der Waals surface area contributed by atoms with E-state index in [1.807, 2.05) is 0 Å². The highest BCUT2D eigenvalue weighted by Gasteiger charge is 2.53. The summed E-state index contributed by atoms with van der Waals surface area (Å²) >= 11 is 0. The van der Waals surface area contributed by atoms with Crippen LogP contribution < -0.4 is 50.5 Å². The first kappa shape index (κ1) is 51.7. The molecule has 1 fully saturated rings. The van der Waals surface area contributed by atoms with Gasteiger partial charge in [-0.15, -0.1) is 0 Å². The van der Waals surface area contributed by atoms with Gasteiger partial charge >= 0.3 is 7.75 Å². The Morgan fingerprint density at radius 2 is 0.610 bits per heavy atom. The molecule has 0 saturated carbocycles. The lowest BCUT2D eigenvalue weighted by atomic mass is 9.80. The van der Waals surface area contributed by atoms with Crippen LogP contribution in [0.5, 0.6) is 11.5 Å². The van der Waals surface area contributed by atoms with Gasteiger partial charge in [-0.05, 0) is 169 Å². The molecule has 12 rings (SSSR count). The van der Waals surface area contributed by atoms with Gasteiger partial charge in [-0.25, -0.2) is 4.57 Å². The van der Waals surface area contributed by atoms with Gasteiger partial charge in [-0.2, -0.15) is 4.67 Å². The molecule has 2 aliphatic carbocycles. The molecule has 392 valence electrons. The van der Waals surface area contributed by atoms with Crippen molar-refractivity contribution in [1.82, 2.24) is 4.67 Å². The van der Waals surface area contributed by atoms with Crippen molar-refractivity contribution in [2.45, 2.75) is 131 Å². The molecule has 1 saturated heterocycles. The molecule has 0 spiro atoms. The van der Waals surface area contributed by atoms with Crippen LogP contribution in [0.3, 0.4) is 0 Å². The molecule has 8 aromatic carbocycles. The summed E-state index contributed by atoms with van der Waals surface area (Å²) < 4.78 is 36.2. The molecular weight excluding hydrogens is 990 g/mol. The van der Waals surface area contributed by atoms with Crippen LogP contribution >= 0.6 is 7.75 Å². The summed E-state index contributed by atoms with van der Waals surface area (Å²) in [7, 11) is -11.0. The van der Waals surface area contributed by atoms with Gasteiger partial charge in [-0.1, -0.05) is 217 Å². The zero-order valence-corrected chi connectivity index (χ0v) is 49.3. The first-order valence-electron chi connectivity index (χ1n) is 29.0. The van der Waals surface area contributed by atoms with Crippen molar-refractivity contribution in [1.29, 1.82) is 0 Å². The van der Waals surface area contributed by atoms with Crippen molar-refractivity contribution in [3.05, 3.63) is 213 Å². The van der Waals surface area contributed by atoms with E-state index < -0.39 is 23.9 Å². The van der Waals surface area contributed by atoms with Gasteiger partial charge in [0.2, 0.25) is 0 Å². The Kier molecular flexibility index (Phi) is 14.3. The third-order valence-corrected chi connectivity index (χ3v) is 29.5. The molecule has 4 aliphatic rings. The Labute approximate surface area is 461 Å². The normalized spacial score (nSPS) is 16.7. The number of fused-ring (bicyclic) bond motifs is 7. The number of rotatable bonds is 9. The summed E-state index contributed by atoms with van der Waals surface area (Å²) in [6.45, 7) is 14.5. The average Bonchev–Trinajstić information content (AvgIpc) is 3.84. The number of nitrogens with zero attached hydrogens (tertiary/aromatic N) is 1. The highest BCUT2D eigenvalue weighted by atomic mass is 31.2. The van der Waals surface area contributed by atoms with Crippen molar-refractivity contribution in [3.63, 3.8) is 0 Å². The van der Waals surface area contributed by atoms with Crippen LogP contribution in [0.15, 0.2) is 158 Å². The van der Waals surface area contributed by atoms with Crippen molar-refractivity contribution < 1.29 is 13.6 Å². The van der Waals surface area contributed by atoms with Crippen molar-refractivity contribution >= 4 is 65.4 Å². The Hall–Kier alpha value is -6.02. The summed E-state index contributed by atoms with van der Waals surface area (Å²) in [5.41, 5.74) is 15.2. The zero-order chi connectivity index (χ0) is 52.9. The van der Waals surface area contributed by atoms with Crippen LogP contribution in [0.1, 0.15) is 120 Å². The number of hydrogen-bond acceptors (Lipinski definition) is 3. The van der Waals surface area contributed by atoms with Crippen LogP contribution in [-0.4, -0.2) is 33.9 Å². The zero-order valence-electron chi connectivity index (χ0n) is 46.4. The molecule has 0 N–H and O–H groups in total. The highest BCUT2D eigenvalue weighted by molar-refractivity contribution is 7.52. The molecule has 0 radical (unpaired) electrons. The lowest BCUT2D eigenvalue weighted by molar-refractivity contribution is 0.283. The van der Waals surface area contributed by atoms with Gasteiger partial charge in [0.05, 0.1) is 0 Å². The minimum absolute atomic E-state index is 0.648. The lowest BCUT2D eigenvalue weighted by Crippen LogP contribution is -2.75. The van der Waals surface area contributed by atoms with Crippen LogP contribution in [0.2, 0.25) is 0 Å². The fourth-order valence-electron chi connectivity index (χ4n) is 13.8. The molecule has 4 nitrogen and oxygen atoms in total. The van der Waals surface area contributed by atoms with E-state index in [1.54, 1.807) is 0 Å². The molecule has 0 unspecified atom stereocenters.